The number of methoxy groups -OCH3 is 1. The van der Waals surface area contributed by atoms with E-state index in [1.807, 2.05) is 30.3 Å². The van der Waals surface area contributed by atoms with Crippen LogP contribution in [0.5, 0.6) is 11.5 Å². The average Bonchev–Trinajstić information content (AvgIpc) is 2.84. The van der Waals surface area contributed by atoms with Crippen molar-refractivity contribution in [2.24, 2.45) is 0 Å². The molecule has 38 heavy (non-hydrogen) atoms. The van der Waals surface area contributed by atoms with Crippen LogP contribution in [0.25, 0.3) is 0 Å². The Balaban J connectivity index is 1.93. The van der Waals surface area contributed by atoms with E-state index < -0.39 is 8.32 Å². The third kappa shape index (κ3) is 7.04. The zero-order chi connectivity index (χ0) is 28.3. The van der Waals surface area contributed by atoms with E-state index in [1.54, 1.807) is 43.5 Å². The van der Waals surface area contributed by atoms with E-state index in [0.717, 1.165) is 5.56 Å². The third-order valence-corrected chi connectivity index (χ3v) is 11.4. The van der Waals surface area contributed by atoms with E-state index >= 15 is 0 Å². The van der Waals surface area contributed by atoms with E-state index in [2.05, 4.69) is 65.3 Å². The van der Waals surface area contributed by atoms with Gasteiger partial charge in [-0.3, -0.25) is 9.59 Å². The minimum absolute atomic E-state index is 0.00930. The first kappa shape index (κ1) is 29.0. The first-order valence-corrected chi connectivity index (χ1v) is 15.7. The summed E-state index contributed by atoms with van der Waals surface area (Å²) in [5, 5.41) is 5.83. The Hall–Kier alpha value is -3.58. The Morgan fingerprint density at radius 1 is 0.737 bits per heavy atom. The Kier molecular flexibility index (Phi) is 8.41. The van der Waals surface area contributed by atoms with Crippen LogP contribution in [0.1, 0.15) is 67.8 Å². The summed E-state index contributed by atoms with van der Waals surface area (Å²) in [7, 11) is -0.554. The SMILES string of the molecule is COc1ccc(NC(=O)c2cc(O[Si](C)(C)C(C)(C)C)ccc2NC(=O)c2ccc(C(C)(C)C)cc2)cc1. The molecular formula is C31H40N2O4Si. The summed E-state index contributed by atoms with van der Waals surface area (Å²) in [6, 6.07) is 19.9. The van der Waals surface area contributed by atoms with E-state index in [9.17, 15) is 9.59 Å². The lowest BCUT2D eigenvalue weighted by atomic mass is 9.86. The molecule has 0 unspecified atom stereocenters. The fourth-order valence-electron chi connectivity index (χ4n) is 3.52. The van der Waals surface area contributed by atoms with Crippen LogP contribution in [0.2, 0.25) is 18.1 Å². The number of benzene rings is 3. The molecule has 0 saturated carbocycles. The summed E-state index contributed by atoms with van der Waals surface area (Å²) in [5.41, 5.74) is 2.98. The third-order valence-electron chi connectivity index (χ3n) is 7.02. The van der Waals surface area contributed by atoms with Crippen molar-refractivity contribution in [1.29, 1.82) is 0 Å². The summed E-state index contributed by atoms with van der Waals surface area (Å²) in [6.45, 7) is 17.2. The number of rotatable bonds is 7. The summed E-state index contributed by atoms with van der Waals surface area (Å²) < 4.78 is 11.7. The lowest BCUT2D eigenvalue weighted by Gasteiger charge is -2.36. The van der Waals surface area contributed by atoms with Gasteiger partial charge in [0.05, 0.1) is 18.4 Å². The molecule has 0 aliphatic heterocycles. The second kappa shape index (κ2) is 11.0. The van der Waals surface area contributed by atoms with Gasteiger partial charge < -0.3 is 19.8 Å². The average molecular weight is 533 g/mol. The van der Waals surface area contributed by atoms with Crippen molar-refractivity contribution in [3.8, 4) is 11.5 Å². The minimum atomic E-state index is -2.14. The van der Waals surface area contributed by atoms with Gasteiger partial charge in [0.1, 0.15) is 11.5 Å². The minimum Gasteiger partial charge on any atom is -0.543 e. The van der Waals surface area contributed by atoms with Crippen molar-refractivity contribution in [1.82, 2.24) is 0 Å². The van der Waals surface area contributed by atoms with Gasteiger partial charge >= 0.3 is 0 Å². The summed E-state index contributed by atoms with van der Waals surface area (Å²) in [5.74, 6) is 0.651. The Bertz CT molecular complexity index is 1290. The van der Waals surface area contributed by atoms with Crippen molar-refractivity contribution >= 4 is 31.5 Å². The Labute approximate surface area is 227 Å². The molecule has 3 aromatic rings. The summed E-state index contributed by atoms with van der Waals surface area (Å²) in [6.07, 6.45) is 0. The molecule has 2 amide bonds. The zero-order valence-electron chi connectivity index (χ0n) is 24.0. The van der Waals surface area contributed by atoms with Crippen molar-refractivity contribution in [3.05, 3.63) is 83.4 Å². The highest BCUT2D eigenvalue weighted by Gasteiger charge is 2.39. The van der Waals surface area contributed by atoms with Gasteiger partial charge in [0.25, 0.3) is 11.8 Å². The van der Waals surface area contributed by atoms with Crippen molar-refractivity contribution in [2.75, 3.05) is 17.7 Å². The summed E-state index contributed by atoms with van der Waals surface area (Å²) >= 11 is 0. The molecule has 0 aliphatic rings. The van der Waals surface area contributed by atoms with Crippen LogP contribution in [0.3, 0.4) is 0 Å². The van der Waals surface area contributed by atoms with Crippen LogP contribution in [-0.4, -0.2) is 27.2 Å². The van der Waals surface area contributed by atoms with Crippen LogP contribution in [-0.2, 0) is 5.41 Å². The van der Waals surface area contributed by atoms with Crippen LogP contribution < -0.4 is 19.8 Å². The predicted molar refractivity (Wildman–Crippen MR) is 158 cm³/mol. The molecule has 3 rings (SSSR count). The monoisotopic (exact) mass is 532 g/mol. The molecule has 0 fully saturated rings. The lowest BCUT2D eigenvalue weighted by molar-refractivity contribution is 0.102. The van der Waals surface area contributed by atoms with Gasteiger partial charge in [-0.15, -0.1) is 0 Å². The van der Waals surface area contributed by atoms with E-state index in [1.165, 1.54) is 0 Å². The number of ether oxygens (including phenoxy) is 1. The number of amides is 2. The number of hydrogen-bond acceptors (Lipinski definition) is 4. The number of carbonyl (C=O) groups is 2. The maximum Gasteiger partial charge on any atom is 0.257 e. The topological polar surface area (TPSA) is 76.7 Å². The van der Waals surface area contributed by atoms with Gasteiger partial charge in [0.2, 0.25) is 8.32 Å². The van der Waals surface area contributed by atoms with Crippen LogP contribution in [0, 0.1) is 0 Å². The van der Waals surface area contributed by atoms with Crippen LogP contribution in [0.15, 0.2) is 66.7 Å². The fourth-order valence-corrected chi connectivity index (χ4v) is 4.54. The van der Waals surface area contributed by atoms with Gasteiger partial charge in [-0.05, 0) is 83.7 Å². The molecule has 0 aliphatic carbocycles. The van der Waals surface area contributed by atoms with Gasteiger partial charge in [-0.1, -0.05) is 53.7 Å². The van der Waals surface area contributed by atoms with E-state index in [0.29, 0.717) is 34.0 Å². The van der Waals surface area contributed by atoms with Gasteiger partial charge in [-0.2, -0.15) is 0 Å². The van der Waals surface area contributed by atoms with Gasteiger partial charge in [0.15, 0.2) is 0 Å². The van der Waals surface area contributed by atoms with Gasteiger partial charge in [-0.25, -0.2) is 0 Å². The highest BCUT2D eigenvalue weighted by molar-refractivity contribution is 6.74. The van der Waals surface area contributed by atoms with Gasteiger partial charge in [0, 0.05) is 11.3 Å². The molecule has 0 heterocycles. The lowest BCUT2D eigenvalue weighted by Crippen LogP contribution is -2.43. The predicted octanol–water partition coefficient (Wildman–Crippen LogP) is 7.88. The molecule has 0 spiro atoms. The highest BCUT2D eigenvalue weighted by atomic mass is 28.4. The maximum absolute atomic E-state index is 13.4. The molecule has 0 aromatic heterocycles. The van der Waals surface area contributed by atoms with Crippen molar-refractivity contribution in [2.45, 2.75) is 65.1 Å². The van der Waals surface area contributed by atoms with Crippen LogP contribution in [0.4, 0.5) is 11.4 Å². The van der Waals surface area contributed by atoms with Crippen molar-refractivity contribution in [3.63, 3.8) is 0 Å². The smallest absolute Gasteiger partial charge is 0.257 e. The molecule has 2 N–H and O–H groups in total. The van der Waals surface area contributed by atoms with E-state index in [-0.39, 0.29) is 22.3 Å². The molecule has 0 saturated heterocycles. The molecule has 0 radical (unpaired) electrons. The molecule has 0 atom stereocenters. The molecule has 202 valence electrons. The maximum atomic E-state index is 13.4. The first-order valence-electron chi connectivity index (χ1n) is 12.8. The standard InChI is InChI=1S/C31H40N2O4Si/c1-30(2,3)22-12-10-21(11-13-22)28(34)33-27-19-18-25(37-38(8,9)31(4,5)6)20-26(27)29(35)32-23-14-16-24(36-7)17-15-23/h10-20H,1-9H3,(H,32,35)(H,33,34). The second-order valence-corrected chi connectivity index (χ2v) is 16.8. The molecule has 3 aromatic carbocycles. The molecular weight excluding hydrogens is 492 g/mol. The number of nitrogens with one attached hydrogen (secondary N) is 2. The largest absolute Gasteiger partial charge is 0.543 e. The quantitative estimate of drug-likeness (QED) is 0.303. The van der Waals surface area contributed by atoms with Crippen molar-refractivity contribution < 1.29 is 18.8 Å². The molecule has 7 heteroatoms. The number of anilines is 2. The van der Waals surface area contributed by atoms with Crippen LogP contribution >= 0.6 is 0 Å². The second-order valence-electron chi connectivity index (χ2n) is 12.0. The van der Waals surface area contributed by atoms with E-state index in [4.69, 9.17) is 9.16 Å². The molecule has 6 nitrogen and oxygen atoms in total. The fraction of sp³-hybridized carbons (Fsp3) is 0.355. The normalized spacial score (nSPS) is 12.0. The Morgan fingerprint density at radius 2 is 1.32 bits per heavy atom. The first-order chi connectivity index (χ1) is 17.6. The summed E-state index contributed by atoms with van der Waals surface area (Å²) in [4.78, 5) is 26.6. The highest BCUT2D eigenvalue weighted by Crippen LogP contribution is 2.38. The number of carbonyl (C=O) groups excluding carboxylic acids is 2. The molecule has 0 bridgehead atoms. The Morgan fingerprint density at radius 3 is 1.84 bits per heavy atom. The zero-order valence-corrected chi connectivity index (χ0v) is 25.0. The number of hydrogen-bond donors (Lipinski definition) is 2.